The number of aromatic amines is 1. The van der Waals surface area contributed by atoms with Crippen LogP contribution in [0.25, 0.3) is 22.2 Å². The van der Waals surface area contributed by atoms with Gasteiger partial charge in [0.05, 0.1) is 14.2 Å². The van der Waals surface area contributed by atoms with E-state index in [4.69, 9.17) is 9.47 Å². The molecule has 23 heavy (non-hydrogen) atoms. The molecule has 0 unspecified atom stereocenters. The number of methoxy groups -OCH3 is 2. The Morgan fingerprint density at radius 3 is 2.04 bits per heavy atom. The van der Waals surface area contributed by atoms with Crippen LogP contribution in [0.1, 0.15) is 26.3 Å². The number of ether oxygens (including phenoxy) is 2. The average molecular weight is 309 g/mol. The third kappa shape index (κ3) is 3.04. The highest BCUT2D eigenvalue weighted by Gasteiger charge is 2.15. The summed E-state index contributed by atoms with van der Waals surface area (Å²) in [5, 5.41) is 1.22. The zero-order valence-electron chi connectivity index (χ0n) is 14.4. The molecule has 2 aromatic carbocycles. The third-order valence-electron chi connectivity index (χ3n) is 4.15. The molecule has 0 aliphatic heterocycles. The van der Waals surface area contributed by atoms with Crippen molar-refractivity contribution in [1.82, 2.24) is 4.98 Å². The first-order chi connectivity index (χ1) is 10.9. The van der Waals surface area contributed by atoms with Crippen LogP contribution in [0, 0.1) is 0 Å². The molecule has 0 bridgehead atoms. The number of nitrogens with one attached hydrogen (secondary N) is 1. The van der Waals surface area contributed by atoms with Gasteiger partial charge in [0, 0.05) is 28.2 Å². The average Bonchev–Trinajstić information content (AvgIpc) is 2.96. The molecule has 3 rings (SSSR count). The normalized spacial score (nSPS) is 11.7. The van der Waals surface area contributed by atoms with E-state index in [1.54, 1.807) is 14.2 Å². The molecule has 0 spiro atoms. The summed E-state index contributed by atoms with van der Waals surface area (Å²) >= 11 is 0. The van der Waals surface area contributed by atoms with E-state index in [9.17, 15) is 0 Å². The molecule has 120 valence electrons. The van der Waals surface area contributed by atoms with E-state index in [0.717, 1.165) is 28.3 Å². The Hall–Kier alpha value is -2.42. The first kappa shape index (κ1) is 15.5. The Morgan fingerprint density at radius 1 is 0.826 bits per heavy atom. The molecule has 1 heterocycles. The maximum atomic E-state index is 5.36. The van der Waals surface area contributed by atoms with Crippen molar-refractivity contribution in [3.05, 3.63) is 48.0 Å². The quantitative estimate of drug-likeness (QED) is 0.726. The van der Waals surface area contributed by atoms with Gasteiger partial charge in [-0.15, -0.1) is 0 Å². The van der Waals surface area contributed by atoms with Gasteiger partial charge in [-0.05, 0) is 41.3 Å². The summed E-state index contributed by atoms with van der Waals surface area (Å²) in [5.74, 6) is 1.57. The van der Waals surface area contributed by atoms with Gasteiger partial charge in [0.1, 0.15) is 11.5 Å². The summed E-state index contributed by atoms with van der Waals surface area (Å²) in [6, 6.07) is 14.7. The predicted molar refractivity (Wildman–Crippen MR) is 95.5 cm³/mol. The number of rotatable bonds is 3. The van der Waals surface area contributed by atoms with Gasteiger partial charge < -0.3 is 14.5 Å². The second-order valence-electron chi connectivity index (χ2n) is 6.84. The Bertz CT molecular complexity index is 818. The maximum Gasteiger partial charge on any atom is 0.123 e. The van der Waals surface area contributed by atoms with Crippen LogP contribution in [0.2, 0.25) is 0 Å². The molecule has 1 aromatic heterocycles. The first-order valence-corrected chi connectivity index (χ1v) is 7.77. The molecule has 0 amide bonds. The number of benzene rings is 2. The lowest BCUT2D eigenvalue weighted by atomic mass is 9.86. The number of H-pyrrole nitrogens is 1. The molecule has 0 radical (unpaired) electrons. The molecule has 3 aromatic rings. The summed E-state index contributed by atoms with van der Waals surface area (Å²) in [4.78, 5) is 3.48. The molecular formula is C20H23NO2. The van der Waals surface area contributed by atoms with Crippen LogP contribution in [0.5, 0.6) is 11.5 Å². The molecule has 0 atom stereocenters. The monoisotopic (exact) mass is 309 g/mol. The molecule has 0 aliphatic carbocycles. The van der Waals surface area contributed by atoms with Gasteiger partial charge in [0.15, 0.2) is 0 Å². The van der Waals surface area contributed by atoms with E-state index in [0.29, 0.717) is 0 Å². The predicted octanol–water partition coefficient (Wildman–Crippen LogP) is 5.15. The van der Waals surface area contributed by atoms with E-state index in [2.05, 4.69) is 50.0 Å². The van der Waals surface area contributed by atoms with Gasteiger partial charge in [-0.3, -0.25) is 0 Å². The molecule has 0 saturated carbocycles. The highest BCUT2D eigenvalue weighted by molar-refractivity contribution is 5.87. The largest absolute Gasteiger partial charge is 0.497 e. The molecule has 1 N–H and O–H groups in total. The fraction of sp³-hybridized carbons (Fsp3) is 0.300. The lowest BCUT2D eigenvalue weighted by Gasteiger charge is -2.18. The zero-order valence-corrected chi connectivity index (χ0v) is 14.4. The lowest BCUT2D eigenvalue weighted by molar-refractivity contribution is 0.394. The van der Waals surface area contributed by atoms with Crippen LogP contribution < -0.4 is 9.47 Å². The van der Waals surface area contributed by atoms with Gasteiger partial charge in [-0.1, -0.05) is 26.8 Å². The van der Waals surface area contributed by atoms with Gasteiger partial charge in [-0.2, -0.15) is 0 Å². The Balaban J connectivity index is 2.10. The van der Waals surface area contributed by atoms with Gasteiger partial charge >= 0.3 is 0 Å². The number of hydrogen-bond acceptors (Lipinski definition) is 2. The van der Waals surface area contributed by atoms with E-state index in [1.807, 2.05) is 18.2 Å². The van der Waals surface area contributed by atoms with Crippen molar-refractivity contribution in [2.75, 3.05) is 14.2 Å². The fourth-order valence-corrected chi connectivity index (χ4v) is 2.72. The van der Waals surface area contributed by atoms with Crippen LogP contribution in [0.15, 0.2) is 42.5 Å². The minimum Gasteiger partial charge on any atom is -0.497 e. The molecule has 0 aliphatic rings. The highest BCUT2D eigenvalue weighted by Crippen LogP contribution is 2.32. The molecule has 0 saturated heterocycles. The molecular weight excluding hydrogens is 286 g/mol. The lowest BCUT2D eigenvalue weighted by Crippen LogP contribution is -2.10. The van der Waals surface area contributed by atoms with Crippen molar-refractivity contribution in [3.63, 3.8) is 0 Å². The van der Waals surface area contributed by atoms with Crippen LogP contribution in [0.3, 0.4) is 0 Å². The van der Waals surface area contributed by atoms with E-state index in [-0.39, 0.29) is 5.41 Å². The second kappa shape index (κ2) is 5.65. The molecule has 3 heteroatoms. The van der Waals surface area contributed by atoms with Crippen LogP contribution in [-0.4, -0.2) is 19.2 Å². The standard InChI is InChI=1S/C20H23NO2/c1-20(2,3)15-6-7-18-13(8-15)11-19(21-18)14-9-16(22-4)12-17(10-14)23-5/h6-12,21H,1-5H3. The summed E-state index contributed by atoms with van der Waals surface area (Å²) in [6.07, 6.45) is 0. The Labute approximate surface area is 137 Å². The highest BCUT2D eigenvalue weighted by atomic mass is 16.5. The zero-order chi connectivity index (χ0) is 16.6. The maximum absolute atomic E-state index is 5.36. The van der Waals surface area contributed by atoms with Gasteiger partial charge in [0.25, 0.3) is 0 Å². The third-order valence-corrected chi connectivity index (χ3v) is 4.15. The van der Waals surface area contributed by atoms with Crippen LogP contribution in [0.4, 0.5) is 0 Å². The minimum absolute atomic E-state index is 0.144. The van der Waals surface area contributed by atoms with Crippen LogP contribution >= 0.6 is 0 Å². The van der Waals surface area contributed by atoms with Gasteiger partial charge in [0.2, 0.25) is 0 Å². The van der Waals surface area contributed by atoms with E-state index < -0.39 is 0 Å². The summed E-state index contributed by atoms with van der Waals surface area (Å²) < 4.78 is 10.7. The van der Waals surface area contributed by atoms with Crippen molar-refractivity contribution in [2.45, 2.75) is 26.2 Å². The Kier molecular flexibility index (Phi) is 3.80. The van der Waals surface area contributed by atoms with Gasteiger partial charge in [-0.25, -0.2) is 0 Å². The van der Waals surface area contributed by atoms with Crippen molar-refractivity contribution in [3.8, 4) is 22.8 Å². The second-order valence-corrected chi connectivity index (χ2v) is 6.84. The molecule has 3 nitrogen and oxygen atoms in total. The van der Waals surface area contributed by atoms with Crippen molar-refractivity contribution in [1.29, 1.82) is 0 Å². The first-order valence-electron chi connectivity index (χ1n) is 7.77. The van der Waals surface area contributed by atoms with E-state index in [1.165, 1.54) is 10.9 Å². The van der Waals surface area contributed by atoms with Crippen molar-refractivity contribution >= 4 is 10.9 Å². The van der Waals surface area contributed by atoms with Crippen molar-refractivity contribution in [2.24, 2.45) is 0 Å². The SMILES string of the molecule is COc1cc(OC)cc(-c2cc3cc(C(C)(C)C)ccc3[nH]2)c1. The summed E-state index contributed by atoms with van der Waals surface area (Å²) in [7, 11) is 3.33. The number of fused-ring (bicyclic) bond motifs is 1. The van der Waals surface area contributed by atoms with Crippen molar-refractivity contribution < 1.29 is 9.47 Å². The number of hydrogen-bond donors (Lipinski definition) is 1. The Morgan fingerprint density at radius 2 is 1.48 bits per heavy atom. The van der Waals surface area contributed by atoms with Crippen LogP contribution in [-0.2, 0) is 5.41 Å². The summed E-state index contributed by atoms with van der Waals surface area (Å²) in [5.41, 5.74) is 4.72. The summed E-state index contributed by atoms with van der Waals surface area (Å²) in [6.45, 7) is 6.69. The smallest absolute Gasteiger partial charge is 0.123 e. The van der Waals surface area contributed by atoms with E-state index >= 15 is 0 Å². The minimum atomic E-state index is 0.144. The fourth-order valence-electron chi connectivity index (χ4n) is 2.72. The topological polar surface area (TPSA) is 34.2 Å². The molecule has 0 fully saturated rings. The number of aromatic nitrogens is 1.